The standard InChI is InChI=1S/C17H17F3N2O2/c1-10-6-13(24-21-10)9-22-4-2-11(3-5-22)17(23)16-14(19)7-12(18)8-15(16)20/h6-8,11H,2-5,9H2,1H3. The van der Waals surface area contributed by atoms with Crippen molar-refractivity contribution in [2.75, 3.05) is 13.1 Å². The first kappa shape index (κ1) is 16.7. The maximum absolute atomic E-state index is 13.8. The van der Waals surface area contributed by atoms with Gasteiger partial charge in [0, 0.05) is 24.1 Å². The summed E-state index contributed by atoms with van der Waals surface area (Å²) in [6.45, 7) is 3.64. The zero-order valence-corrected chi connectivity index (χ0v) is 13.2. The van der Waals surface area contributed by atoms with E-state index in [-0.39, 0.29) is 0 Å². The van der Waals surface area contributed by atoms with Gasteiger partial charge in [0.25, 0.3) is 0 Å². The molecule has 128 valence electrons. The number of hydrogen-bond donors (Lipinski definition) is 0. The normalized spacial score (nSPS) is 16.5. The highest BCUT2D eigenvalue weighted by Crippen LogP contribution is 2.26. The molecule has 2 aromatic rings. The lowest BCUT2D eigenvalue weighted by Gasteiger charge is -2.30. The Hall–Kier alpha value is -2.15. The molecule has 4 nitrogen and oxygen atoms in total. The first-order valence-electron chi connectivity index (χ1n) is 7.77. The smallest absolute Gasteiger partial charge is 0.171 e. The monoisotopic (exact) mass is 338 g/mol. The van der Waals surface area contributed by atoms with Gasteiger partial charge in [-0.1, -0.05) is 5.16 Å². The Kier molecular flexibility index (Phi) is 4.71. The molecule has 0 spiro atoms. The van der Waals surface area contributed by atoms with Gasteiger partial charge in [-0.05, 0) is 32.9 Å². The Morgan fingerprint density at radius 1 is 1.21 bits per heavy atom. The van der Waals surface area contributed by atoms with Crippen LogP contribution in [0.25, 0.3) is 0 Å². The summed E-state index contributed by atoms with van der Waals surface area (Å²) in [6, 6.07) is 2.93. The molecule has 0 radical (unpaired) electrons. The fourth-order valence-electron chi connectivity index (χ4n) is 3.05. The van der Waals surface area contributed by atoms with Gasteiger partial charge in [-0.25, -0.2) is 13.2 Å². The number of carbonyl (C=O) groups excluding carboxylic acids is 1. The average molecular weight is 338 g/mol. The number of halogens is 3. The summed E-state index contributed by atoms with van der Waals surface area (Å²) >= 11 is 0. The summed E-state index contributed by atoms with van der Waals surface area (Å²) < 4.78 is 45.6. The first-order valence-corrected chi connectivity index (χ1v) is 7.77. The summed E-state index contributed by atoms with van der Waals surface area (Å²) in [4.78, 5) is 14.5. The second-order valence-electron chi connectivity index (χ2n) is 6.09. The van der Waals surface area contributed by atoms with Gasteiger partial charge >= 0.3 is 0 Å². The van der Waals surface area contributed by atoms with E-state index in [4.69, 9.17) is 4.52 Å². The number of nitrogens with zero attached hydrogens (tertiary/aromatic N) is 2. The van der Waals surface area contributed by atoms with E-state index in [1.165, 1.54) is 0 Å². The van der Waals surface area contributed by atoms with Gasteiger partial charge in [-0.3, -0.25) is 9.69 Å². The van der Waals surface area contributed by atoms with Crippen LogP contribution in [-0.2, 0) is 6.54 Å². The third-order valence-electron chi connectivity index (χ3n) is 4.27. The van der Waals surface area contributed by atoms with Gasteiger partial charge in [-0.2, -0.15) is 0 Å². The molecule has 7 heteroatoms. The molecule has 1 fully saturated rings. The molecule has 1 aromatic carbocycles. The van der Waals surface area contributed by atoms with Gasteiger partial charge in [0.1, 0.15) is 17.5 Å². The van der Waals surface area contributed by atoms with Crippen LogP contribution in [0.4, 0.5) is 13.2 Å². The van der Waals surface area contributed by atoms with Crippen LogP contribution in [0.15, 0.2) is 22.7 Å². The molecule has 3 rings (SSSR count). The molecule has 1 aliphatic rings. The highest BCUT2D eigenvalue weighted by atomic mass is 19.1. The van der Waals surface area contributed by atoms with Crippen LogP contribution in [-0.4, -0.2) is 28.9 Å². The van der Waals surface area contributed by atoms with Crippen molar-refractivity contribution >= 4 is 5.78 Å². The second kappa shape index (κ2) is 6.76. The van der Waals surface area contributed by atoms with Gasteiger partial charge < -0.3 is 4.52 Å². The number of carbonyl (C=O) groups is 1. The Bertz CT molecular complexity index is 729. The van der Waals surface area contributed by atoms with Crippen molar-refractivity contribution in [1.82, 2.24) is 10.1 Å². The molecule has 0 amide bonds. The summed E-state index contributed by atoms with van der Waals surface area (Å²) in [5.74, 6) is -3.63. The van der Waals surface area contributed by atoms with E-state index in [9.17, 15) is 18.0 Å². The third-order valence-corrected chi connectivity index (χ3v) is 4.27. The van der Waals surface area contributed by atoms with Crippen molar-refractivity contribution in [3.05, 3.63) is 52.7 Å². The van der Waals surface area contributed by atoms with Crippen LogP contribution in [0.3, 0.4) is 0 Å². The Labute approximate surface area is 137 Å². The number of Topliss-reactive ketones (excluding diaryl/α,β-unsaturated/α-hetero) is 1. The highest BCUT2D eigenvalue weighted by Gasteiger charge is 2.30. The highest BCUT2D eigenvalue weighted by molar-refractivity contribution is 5.98. The van der Waals surface area contributed by atoms with Crippen molar-refractivity contribution in [2.45, 2.75) is 26.3 Å². The lowest BCUT2D eigenvalue weighted by molar-refractivity contribution is 0.0818. The van der Waals surface area contributed by atoms with Crippen molar-refractivity contribution in [3.8, 4) is 0 Å². The van der Waals surface area contributed by atoms with Crippen molar-refractivity contribution in [1.29, 1.82) is 0 Å². The van der Waals surface area contributed by atoms with E-state index in [0.717, 1.165) is 11.5 Å². The quantitative estimate of drug-likeness (QED) is 0.801. The maximum atomic E-state index is 13.8. The SMILES string of the molecule is Cc1cc(CN2CCC(C(=O)c3c(F)cc(F)cc3F)CC2)on1. The predicted octanol–water partition coefficient (Wildman–Crippen LogP) is 3.50. The van der Waals surface area contributed by atoms with E-state index in [2.05, 4.69) is 10.1 Å². The number of piperidine rings is 1. The first-order chi connectivity index (χ1) is 11.4. The molecule has 1 aromatic heterocycles. The van der Waals surface area contributed by atoms with E-state index < -0.39 is 34.7 Å². The zero-order chi connectivity index (χ0) is 17.3. The van der Waals surface area contributed by atoms with E-state index in [0.29, 0.717) is 44.6 Å². The van der Waals surface area contributed by atoms with Gasteiger partial charge in [0.15, 0.2) is 11.5 Å². The van der Waals surface area contributed by atoms with Crippen LogP contribution < -0.4 is 0 Å². The number of aromatic nitrogens is 1. The molecule has 0 aliphatic carbocycles. The lowest BCUT2D eigenvalue weighted by Crippen LogP contribution is -2.36. The molecule has 1 saturated heterocycles. The van der Waals surface area contributed by atoms with E-state index in [1.807, 2.05) is 13.0 Å². The zero-order valence-electron chi connectivity index (χ0n) is 13.2. The Balaban J connectivity index is 1.63. The van der Waals surface area contributed by atoms with Crippen LogP contribution >= 0.6 is 0 Å². The van der Waals surface area contributed by atoms with Crippen molar-refractivity contribution in [3.63, 3.8) is 0 Å². The predicted molar refractivity (Wildman–Crippen MR) is 79.9 cm³/mol. The average Bonchev–Trinajstić information content (AvgIpc) is 2.92. The molecule has 0 bridgehead atoms. The number of benzene rings is 1. The Morgan fingerprint density at radius 2 is 1.83 bits per heavy atom. The molecule has 0 N–H and O–H groups in total. The molecular weight excluding hydrogens is 321 g/mol. The molecule has 1 aliphatic heterocycles. The minimum Gasteiger partial charge on any atom is -0.360 e. The molecular formula is C17H17F3N2O2. The minimum absolute atomic E-state index is 0.466. The number of hydrogen-bond acceptors (Lipinski definition) is 4. The van der Waals surface area contributed by atoms with Crippen LogP contribution in [0, 0.1) is 30.3 Å². The van der Waals surface area contributed by atoms with Crippen LogP contribution in [0.1, 0.15) is 34.7 Å². The third kappa shape index (κ3) is 3.51. The molecule has 0 atom stereocenters. The van der Waals surface area contributed by atoms with Crippen LogP contribution in [0.5, 0.6) is 0 Å². The fraction of sp³-hybridized carbons (Fsp3) is 0.412. The lowest BCUT2D eigenvalue weighted by atomic mass is 9.88. The second-order valence-corrected chi connectivity index (χ2v) is 6.09. The fourth-order valence-corrected chi connectivity index (χ4v) is 3.05. The Morgan fingerprint density at radius 3 is 2.38 bits per heavy atom. The summed E-state index contributed by atoms with van der Waals surface area (Å²) in [5.41, 5.74) is 0.165. The van der Waals surface area contributed by atoms with Gasteiger partial charge in [-0.15, -0.1) is 0 Å². The van der Waals surface area contributed by atoms with Gasteiger partial charge in [0.2, 0.25) is 0 Å². The van der Waals surface area contributed by atoms with Crippen molar-refractivity contribution < 1.29 is 22.5 Å². The number of aryl methyl sites for hydroxylation is 1. The topological polar surface area (TPSA) is 46.3 Å². The minimum atomic E-state index is -1.14. The number of rotatable bonds is 4. The van der Waals surface area contributed by atoms with E-state index in [1.54, 1.807) is 0 Å². The number of ketones is 1. The molecule has 2 heterocycles. The molecule has 0 unspecified atom stereocenters. The molecule has 24 heavy (non-hydrogen) atoms. The summed E-state index contributed by atoms with van der Waals surface area (Å²) in [6.07, 6.45) is 0.977. The van der Waals surface area contributed by atoms with Crippen molar-refractivity contribution in [2.24, 2.45) is 5.92 Å². The molecule has 0 saturated carbocycles. The number of likely N-dealkylation sites (tertiary alicyclic amines) is 1. The maximum Gasteiger partial charge on any atom is 0.171 e. The van der Waals surface area contributed by atoms with E-state index >= 15 is 0 Å². The van der Waals surface area contributed by atoms with Gasteiger partial charge in [0.05, 0.1) is 17.8 Å². The summed E-state index contributed by atoms with van der Waals surface area (Å²) in [7, 11) is 0. The largest absolute Gasteiger partial charge is 0.360 e. The van der Waals surface area contributed by atoms with Crippen LogP contribution in [0.2, 0.25) is 0 Å². The summed E-state index contributed by atoms with van der Waals surface area (Å²) in [5, 5.41) is 3.82.